The Hall–Kier alpha value is -0.810. The fourth-order valence-electron chi connectivity index (χ4n) is 3.31. The molecule has 0 aromatic carbocycles. The van der Waals surface area contributed by atoms with Gasteiger partial charge in [-0.25, -0.2) is 0 Å². The second-order valence-electron chi connectivity index (χ2n) is 6.80. The quantitative estimate of drug-likeness (QED) is 0.803. The van der Waals surface area contributed by atoms with Crippen LogP contribution in [0.25, 0.3) is 0 Å². The van der Waals surface area contributed by atoms with Crippen LogP contribution in [0.1, 0.15) is 46.0 Å². The molecule has 0 radical (unpaired) electrons. The molecule has 5 nitrogen and oxygen atoms in total. The number of carbonyl (C=O) groups excluding carboxylic acids is 2. The summed E-state index contributed by atoms with van der Waals surface area (Å²) < 4.78 is 0. The van der Waals surface area contributed by atoms with Crippen LogP contribution < -0.4 is 10.6 Å². The molecule has 6 heteroatoms. The third-order valence-corrected chi connectivity index (χ3v) is 5.03. The fraction of sp³-hybridized carbons (Fsp3) is 0.875. The highest BCUT2D eigenvalue weighted by Crippen LogP contribution is 2.31. The summed E-state index contributed by atoms with van der Waals surface area (Å²) in [4.78, 5) is 26.3. The molecule has 0 aromatic rings. The molecule has 2 amide bonds. The molecule has 22 heavy (non-hydrogen) atoms. The molecule has 0 spiro atoms. The second-order valence-corrected chi connectivity index (χ2v) is 6.80. The number of carbonyl (C=O) groups is 2. The Morgan fingerprint density at radius 3 is 2.55 bits per heavy atom. The van der Waals surface area contributed by atoms with E-state index in [0.717, 1.165) is 18.8 Å². The number of likely N-dealkylation sites (N-methyl/N-ethyl adjacent to an activating group) is 1. The van der Waals surface area contributed by atoms with E-state index in [0.29, 0.717) is 25.6 Å². The number of nitrogens with zero attached hydrogens (tertiary/aromatic N) is 1. The van der Waals surface area contributed by atoms with Crippen molar-refractivity contribution in [3.8, 4) is 0 Å². The van der Waals surface area contributed by atoms with Crippen molar-refractivity contribution in [2.24, 2.45) is 11.8 Å². The van der Waals surface area contributed by atoms with E-state index in [4.69, 9.17) is 0 Å². The first kappa shape index (κ1) is 19.2. The van der Waals surface area contributed by atoms with Gasteiger partial charge in [0.15, 0.2) is 0 Å². The molecule has 0 aromatic heterocycles. The molecule has 0 bridgehead atoms. The Kier molecular flexibility index (Phi) is 7.63. The van der Waals surface area contributed by atoms with Gasteiger partial charge in [-0.15, -0.1) is 12.4 Å². The Balaban J connectivity index is 0.00000242. The van der Waals surface area contributed by atoms with Crippen molar-refractivity contribution < 1.29 is 9.59 Å². The molecule has 1 aliphatic carbocycles. The zero-order valence-corrected chi connectivity index (χ0v) is 14.7. The Bertz CT molecular complexity index is 384. The molecular formula is C16H30ClN3O2. The normalized spacial score (nSPS) is 29.9. The third-order valence-electron chi connectivity index (χ3n) is 5.03. The molecule has 2 N–H and O–H groups in total. The minimum Gasteiger partial charge on any atom is -0.354 e. The predicted molar refractivity (Wildman–Crippen MR) is 90.0 cm³/mol. The maximum atomic E-state index is 12.2. The summed E-state index contributed by atoms with van der Waals surface area (Å²) in [6.07, 6.45) is 4.97. The molecule has 1 heterocycles. The van der Waals surface area contributed by atoms with Gasteiger partial charge in [0.2, 0.25) is 11.8 Å². The van der Waals surface area contributed by atoms with Crippen molar-refractivity contribution in [3.63, 3.8) is 0 Å². The Labute approximate surface area is 140 Å². The van der Waals surface area contributed by atoms with Crippen LogP contribution in [0.2, 0.25) is 0 Å². The molecule has 2 atom stereocenters. The standard InChI is InChI=1S/C16H29N3O2.ClH/c1-11-4-6-14(7-5-11)19-10-13(8-15(19)20)16(21)18-9-12(2)17-3;/h11-14,17H,4-10H2,1-3H3,(H,18,21);1H. The summed E-state index contributed by atoms with van der Waals surface area (Å²) >= 11 is 0. The highest BCUT2D eigenvalue weighted by Gasteiger charge is 2.38. The summed E-state index contributed by atoms with van der Waals surface area (Å²) in [5.74, 6) is 0.801. The van der Waals surface area contributed by atoms with Crippen LogP contribution in [0.15, 0.2) is 0 Å². The SMILES string of the molecule is CNC(C)CNC(=O)C1CC(=O)N(C2CCC(C)CC2)C1.Cl. The van der Waals surface area contributed by atoms with E-state index in [1.54, 1.807) is 0 Å². The minimum absolute atomic E-state index is 0. The van der Waals surface area contributed by atoms with Crippen molar-refractivity contribution in [1.29, 1.82) is 0 Å². The average molecular weight is 332 g/mol. The van der Waals surface area contributed by atoms with Crippen LogP contribution >= 0.6 is 12.4 Å². The van der Waals surface area contributed by atoms with Crippen molar-refractivity contribution in [3.05, 3.63) is 0 Å². The monoisotopic (exact) mass is 331 g/mol. The Morgan fingerprint density at radius 1 is 1.32 bits per heavy atom. The van der Waals surface area contributed by atoms with Crippen LogP contribution in [-0.2, 0) is 9.59 Å². The van der Waals surface area contributed by atoms with Crippen molar-refractivity contribution in [1.82, 2.24) is 15.5 Å². The van der Waals surface area contributed by atoms with E-state index in [2.05, 4.69) is 17.6 Å². The number of rotatable bonds is 5. The van der Waals surface area contributed by atoms with Gasteiger partial charge in [-0.3, -0.25) is 9.59 Å². The molecule has 2 rings (SSSR count). The maximum Gasteiger partial charge on any atom is 0.225 e. The van der Waals surface area contributed by atoms with Gasteiger partial charge >= 0.3 is 0 Å². The van der Waals surface area contributed by atoms with Gasteiger partial charge in [0.25, 0.3) is 0 Å². The number of halogens is 1. The lowest BCUT2D eigenvalue weighted by atomic mass is 9.87. The van der Waals surface area contributed by atoms with Gasteiger partial charge in [-0.2, -0.15) is 0 Å². The topological polar surface area (TPSA) is 61.4 Å². The van der Waals surface area contributed by atoms with E-state index < -0.39 is 0 Å². The molecular weight excluding hydrogens is 302 g/mol. The third kappa shape index (κ3) is 4.85. The largest absolute Gasteiger partial charge is 0.354 e. The highest BCUT2D eigenvalue weighted by atomic mass is 35.5. The summed E-state index contributed by atoms with van der Waals surface area (Å²) in [7, 11) is 1.88. The van der Waals surface area contributed by atoms with Gasteiger partial charge in [0.05, 0.1) is 5.92 Å². The Morgan fingerprint density at radius 2 is 1.95 bits per heavy atom. The van der Waals surface area contributed by atoms with Gasteiger partial charge in [-0.1, -0.05) is 6.92 Å². The average Bonchev–Trinajstić information content (AvgIpc) is 2.87. The van der Waals surface area contributed by atoms with Crippen molar-refractivity contribution in [2.45, 2.75) is 58.0 Å². The fourth-order valence-corrected chi connectivity index (χ4v) is 3.31. The summed E-state index contributed by atoms with van der Waals surface area (Å²) in [6.45, 7) is 5.52. The maximum absolute atomic E-state index is 12.2. The number of amides is 2. The van der Waals surface area contributed by atoms with Crippen molar-refractivity contribution in [2.75, 3.05) is 20.1 Å². The lowest BCUT2D eigenvalue weighted by Gasteiger charge is -2.33. The molecule has 1 saturated heterocycles. The van der Waals surface area contributed by atoms with Crippen molar-refractivity contribution >= 4 is 24.2 Å². The van der Waals surface area contributed by atoms with Gasteiger partial charge < -0.3 is 15.5 Å². The van der Waals surface area contributed by atoms with Crippen LogP contribution in [0.5, 0.6) is 0 Å². The van der Waals surface area contributed by atoms with E-state index >= 15 is 0 Å². The molecule has 1 saturated carbocycles. The minimum atomic E-state index is -0.166. The van der Waals surface area contributed by atoms with Crippen LogP contribution in [0.4, 0.5) is 0 Å². The summed E-state index contributed by atoms with van der Waals surface area (Å²) in [5.41, 5.74) is 0. The first-order valence-electron chi connectivity index (χ1n) is 8.25. The van der Waals surface area contributed by atoms with Gasteiger partial charge in [-0.05, 0) is 45.6 Å². The summed E-state index contributed by atoms with van der Waals surface area (Å²) in [6, 6.07) is 0.615. The van der Waals surface area contributed by atoms with E-state index in [1.165, 1.54) is 12.8 Å². The van der Waals surface area contributed by atoms with Crippen LogP contribution in [0, 0.1) is 11.8 Å². The molecule has 2 fully saturated rings. The number of hydrogen-bond acceptors (Lipinski definition) is 3. The number of likely N-dealkylation sites (tertiary alicyclic amines) is 1. The lowest BCUT2D eigenvalue weighted by Crippen LogP contribution is -2.42. The number of hydrogen-bond donors (Lipinski definition) is 2. The van der Waals surface area contributed by atoms with E-state index in [9.17, 15) is 9.59 Å². The highest BCUT2D eigenvalue weighted by molar-refractivity contribution is 5.89. The zero-order valence-electron chi connectivity index (χ0n) is 13.9. The predicted octanol–water partition coefficient (Wildman–Crippen LogP) is 1.56. The molecule has 128 valence electrons. The lowest BCUT2D eigenvalue weighted by molar-refractivity contribution is -0.130. The van der Waals surface area contributed by atoms with Crippen LogP contribution in [0.3, 0.4) is 0 Å². The van der Waals surface area contributed by atoms with E-state index in [-0.39, 0.29) is 36.2 Å². The van der Waals surface area contributed by atoms with Gasteiger partial charge in [0, 0.05) is 31.6 Å². The second kappa shape index (κ2) is 8.73. The summed E-state index contributed by atoms with van der Waals surface area (Å²) in [5, 5.41) is 6.04. The van der Waals surface area contributed by atoms with E-state index in [1.807, 2.05) is 18.9 Å². The van der Waals surface area contributed by atoms with Gasteiger partial charge in [0.1, 0.15) is 0 Å². The van der Waals surface area contributed by atoms with Crippen LogP contribution in [-0.4, -0.2) is 48.9 Å². The molecule has 2 unspecified atom stereocenters. The molecule has 2 aliphatic rings. The smallest absolute Gasteiger partial charge is 0.225 e. The molecule has 1 aliphatic heterocycles. The first-order valence-corrected chi connectivity index (χ1v) is 8.25. The zero-order chi connectivity index (χ0) is 15.4. The number of nitrogens with one attached hydrogen (secondary N) is 2. The first-order chi connectivity index (χ1) is 10.0.